The van der Waals surface area contributed by atoms with Gasteiger partial charge in [-0.25, -0.2) is 0 Å². The van der Waals surface area contributed by atoms with Crippen molar-refractivity contribution in [3.63, 3.8) is 0 Å². The summed E-state index contributed by atoms with van der Waals surface area (Å²) in [6, 6.07) is 0. The van der Waals surface area contributed by atoms with Gasteiger partial charge in [0.05, 0.1) is 0 Å². The molecule has 0 saturated carbocycles. The van der Waals surface area contributed by atoms with Crippen LogP contribution < -0.4 is 0 Å². The first-order valence-corrected chi connectivity index (χ1v) is 23.7. The summed E-state index contributed by atoms with van der Waals surface area (Å²) in [4.78, 5) is 37.7. The molecule has 0 aliphatic heterocycles. The number of hydrogen-bond acceptors (Lipinski definition) is 6. The maximum absolute atomic E-state index is 12.7. The molecule has 0 radical (unpaired) electrons. The average molecular weight is 765 g/mol. The van der Waals surface area contributed by atoms with Gasteiger partial charge >= 0.3 is 17.9 Å². The van der Waals surface area contributed by atoms with Crippen LogP contribution in [0, 0.1) is 11.8 Å². The van der Waals surface area contributed by atoms with E-state index < -0.39 is 6.10 Å². The van der Waals surface area contributed by atoms with E-state index in [1.807, 2.05) is 0 Å². The minimum Gasteiger partial charge on any atom is -0.462 e. The minimum absolute atomic E-state index is 0.0651. The molecular formula is C48H92O6. The van der Waals surface area contributed by atoms with Gasteiger partial charge in [0.15, 0.2) is 6.10 Å². The zero-order chi connectivity index (χ0) is 39.7. The lowest BCUT2D eigenvalue weighted by Crippen LogP contribution is -2.30. The largest absolute Gasteiger partial charge is 0.462 e. The van der Waals surface area contributed by atoms with Gasteiger partial charge < -0.3 is 14.2 Å². The molecule has 0 aromatic carbocycles. The molecule has 0 aliphatic rings. The summed E-state index contributed by atoms with van der Waals surface area (Å²) in [6.45, 7) is 11.3. The Bertz CT molecular complexity index is 824. The van der Waals surface area contributed by atoms with Crippen molar-refractivity contribution in [2.75, 3.05) is 13.2 Å². The third-order valence-electron chi connectivity index (χ3n) is 10.7. The van der Waals surface area contributed by atoms with Gasteiger partial charge in [-0.05, 0) is 31.1 Å². The number of carbonyl (C=O) groups excluding carboxylic acids is 3. The van der Waals surface area contributed by atoms with Gasteiger partial charge in [0.1, 0.15) is 13.2 Å². The van der Waals surface area contributed by atoms with E-state index in [1.54, 1.807) is 0 Å². The van der Waals surface area contributed by atoms with Crippen molar-refractivity contribution in [1.29, 1.82) is 0 Å². The number of hydrogen-bond donors (Lipinski definition) is 0. The number of unbranched alkanes of at least 4 members (excludes halogenated alkanes) is 27. The van der Waals surface area contributed by atoms with Crippen LogP contribution in [0.25, 0.3) is 0 Å². The lowest BCUT2D eigenvalue weighted by molar-refractivity contribution is -0.167. The van der Waals surface area contributed by atoms with Crippen molar-refractivity contribution < 1.29 is 28.6 Å². The van der Waals surface area contributed by atoms with Crippen molar-refractivity contribution in [2.45, 2.75) is 265 Å². The van der Waals surface area contributed by atoms with E-state index in [0.29, 0.717) is 19.3 Å². The Hall–Kier alpha value is -1.59. The van der Waals surface area contributed by atoms with Gasteiger partial charge in [-0.15, -0.1) is 0 Å². The molecule has 0 N–H and O–H groups in total. The molecule has 0 saturated heterocycles. The van der Waals surface area contributed by atoms with Gasteiger partial charge in [0.2, 0.25) is 0 Å². The van der Waals surface area contributed by atoms with Gasteiger partial charge in [0.25, 0.3) is 0 Å². The first-order chi connectivity index (χ1) is 26.2. The normalized spacial score (nSPS) is 12.1. The smallest absolute Gasteiger partial charge is 0.306 e. The summed E-state index contributed by atoms with van der Waals surface area (Å²) in [5.41, 5.74) is 0. The van der Waals surface area contributed by atoms with E-state index in [9.17, 15) is 14.4 Å². The first kappa shape index (κ1) is 52.4. The maximum Gasteiger partial charge on any atom is 0.306 e. The second-order valence-corrected chi connectivity index (χ2v) is 17.3. The van der Waals surface area contributed by atoms with Gasteiger partial charge in [0, 0.05) is 19.3 Å². The molecule has 0 bridgehead atoms. The number of carbonyl (C=O) groups is 3. The summed E-state index contributed by atoms with van der Waals surface area (Å²) in [7, 11) is 0. The van der Waals surface area contributed by atoms with Crippen LogP contribution in [-0.2, 0) is 28.6 Å². The van der Waals surface area contributed by atoms with Crippen LogP contribution in [0.3, 0.4) is 0 Å². The molecule has 0 spiro atoms. The van der Waals surface area contributed by atoms with Crippen LogP contribution in [0.1, 0.15) is 259 Å². The molecule has 6 heteroatoms. The first-order valence-electron chi connectivity index (χ1n) is 23.7. The molecule has 0 heterocycles. The summed E-state index contributed by atoms with van der Waals surface area (Å²) >= 11 is 0. The highest BCUT2D eigenvalue weighted by atomic mass is 16.6. The van der Waals surface area contributed by atoms with Crippen LogP contribution >= 0.6 is 0 Å². The summed E-state index contributed by atoms with van der Waals surface area (Å²) < 4.78 is 16.7. The molecule has 54 heavy (non-hydrogen) atoms. The lowest BCUT2D eigenvalue weighted by atomic mass is 10.0. The molecule has 320 valence electrons. The van der Waals surface area contributed by atoms with Crippen LogP contribution in [0.4, 0.5) is 0 Å². The fourth-order valence-electron chi connectivity index (χ4n) is 7.11. The highest BCUT2D eigenvalue weighted by molar-refractivity contribution is 5.71. The molecule has 0 rings (SSSR count). The Morgan fingerprint density at radius 3 is 0.907 bits per heavy atom. The van der Waals surface area contributed by atoms with E-state index in [-0.39, 0.29) is 31.1 Å². The minimum atomic E-state index is -0.761. The van der Waals surface area contributed by atoms with E-state index in [0.717, 1.165) is 69.6 Å². The third-order valence-corrected chi connectivity index (χ3v) is 10.7. The van der Waals surface area contributed by atoms with Gasteiger partial charge in [-0.2, -0.15) is 0 Å². The van der Waals surface area contributed by atoms with Crippen molar-refractivity contribution in [3.05, 3.63) is 0 Å². The van der Waals surface area contributed by atoms with Crippen LogP contribution in [0.2, 0.25) is 0 Å². The highest BCUT2D eigenvalue weighted by Gasteiger charge is 2.19. The summed E-state index contributed by atoms with van der Waals surface area (Å²) in [5.74, 6) is 0.739. The van der Waals surface area contributed by atoms with Crippen LogP contribution in [0.15, 0.2) is 0 Å². The second-order valence-electron chi connectivity index (χ2n) is 17.3. The number of ether oxygens (including phenoxy) is 3. The maximum atomic E-state index is 12.7. The standard InChI is InChI=1S/C48H92O6/c1-6-7-8-9-10-11-12-13-14-18-23-28-33-38-46(49)52-41-45(54-48(51)40-35-30-25-20-22-27-32-37-44(4)5)42-53-47(50)39-34-29-24-19-16-15-17-21-26-31-36-43(2)3/h43-45H,6-42H2,1-5H3/t45-/m0/s1. The molecule has 0 aliphatic carbocycles. The molecule has 0 aromatic rings. The molecule has 6 nitrogen and oxygen atoms in total. The summed E-state index contributed by atoms with van der Waals surface area (Å²) in [6.07, 6.45) is 39.5. The third kappa shape index (κ3) is 41.6. The fourth-order valence-corrected chi connectivity index (χ4v) is 7.11. The second kappa shape index (κ2) is 41.1. The fraction of sp³-hybridized carbons (Fsp3) is 0.938. The lowest BCUT2D eigenvalue weighted by Gasteiger charge is -2.18. The van der Waals surface area contributed by atoms with Gasteiger partial charge in [-0.3, -0.25) is 14.4 Å². The topological polar surface area (TPSA) is 78.9 Å². The Morgan fingerprint density at radius 1 is 0.352 bits per heavy atom. The van der Waals surface area contributed by atoms with Gasteiger partial charge in [-0.1, -0.05) is 221 Å². The van der Waals surface area contributed by atoms with E-state index in [2.05, 4.69) is 34.6 Å². The molecule has 0 amide bonds. The van der Waals surface area contributed by atoms with Crippen molar-refractivity contribution >= 4 is 17.9 Å². The zero-order valence-corrected chi connectivity index (χ0v) is 36.8. The number of rotatable bonds is 42. The highest BCUT2D eigenvalue weighted by Crippen LogP contribution is 2.17. The van der Waals surface area contributed by atoms with Crippen molar-refractivity contribution in [3.8, 4) is 0 Å². The average Bonchev–Trinajstić information content (AvgIpc) is 3.14. The Morgan fingerprint density at radius 2 is 0.611 bits per heavy atom. The van der Waals surface area contributed by atoms with Crippen molar-refractivity contribution in [2.24, 2.45) is 11.8 Å². The van der Waals surface area contributed by atoms with Crippen LogP contribution in [0.5, 0.6) is 0 Å². The predicted octanol–water partition coefficient (Wildman–Crippen LogP) is 15.0. The van der Waals surface area contributed by atoms with Crippen molar-refractivity contribution in [1.82, 2.24) is 0 Å². The Kier molecular flexibility index (Phi) is 39.8. The van der Waals surface area contributed by atoms with Crippen LogP contribution in [-0.4, -0.2) is 37.2 Å². The van der Waals surface area contributed by atoms with E-state index in [4.69, 9.17) is 14.2 Å². The Labute approximate surface area is 336 Å². The molecule has 0 aromatic heterocycles. The molecular weight excluding hydrogens is 673 g/mol. The predicted molar refractivity (Wildman–Crippen MR) is 229 cm³/mol. The zero-order valence-electron chi connectivity index (χ0n) is 36.8. The SMILES string of the molecule is CCCCCCCCCCCCCCCC(=O)OC[C@@H](COC(=O)CCCCCCCCCCCCC(C)C)OC(=O)CCCCCCCCCC(C)C. The molecule has 1 atom stereocenters. The molecule has 0 unspecified atom stereocenters. The van der Waals surface area contributed by atoms with E-state index >= 15 is 0 Å². The quantitative estimate of drug-likeness (QED) is 0.0350. The summed E-state index contributed by atoms with van der Waals surface area (Å²) in [5, 5.41) is 0. The number of esters is 3. The van der Waals surface area contributed by atoms with E-state index in [1.165, 1.54) is 148 Å². The molecule has 0 fully saturated rings. The monoisotopic (exact) mass is 765 g/mol. The Balaban J connectivity index is 4.31.